The molecule has 0 N–H and O–H groups in total. The van der Waals surface area contributed by atoms with Gasteiger partial charge in [0, 0.05) is 13.1 Å². The summed E-state index contributed by atoms with van der Waals surface area (Å²) in [5.74, 6) is 1.67. The number of amides is 2. The molecule has 2 unspecified atom stereocenters. The van der Waals surface area contributed by atoms with E-state index >= 15 is 0 Å². The zero-order valence-corrected chi connectivity index (χ0v) is 16.7. The average Bonchev–Trinajstić information content (AvgIpc) is 3.26. The van der Waals surface area contributed by atoms with Crippen molar-refractivity contribution in [2.75, 3.05) is 26.2 Å². The van der Waals surface area contributed by atoms with Gasteiger partial charge in [-0.25, -0.2) is 0 Å². The number of ether oxygens (including phenoxy) is 2. The second kappa shape index (κ2) is 7.91. The zero-order valence-electron chi connectivity index (χ0n) is 15.9. The van der Waals surface area contributed by atoms with Crippen molar-refractivity contribution in [2.45, 2.75) is 44.2 Å². The van der Waals surface area contributed by atoms with Crippen LogP contribution in [-0.2, 0) is 9.59 Å². The molecule has 1 aromatic carbocycles. The molecule has 3 heterocycles. The highest BCUT2D eigenvalue weighted by Gasteiger charge is 2.52. The monoisotopic (exact) mass is 406 g/mol. The first-order valence-electron chi connectivity index (χ1n) is 10.2. The largest absolute Gasteiger partial charge is 0.486 e. The van der Waals surface area contributed by atoms with E-state index in [1.165, 1.54) is 0 Å². The van der Waals surface area contributed by atoms with Gasteiger partial charge in [-0.1, -0.05) is 18.6 Å². The first kappa shape index (κ1) is 19.5. The standard InChI is InChI=1S/C21H26N2O4.ClH/c24-20-16-6-3-7-17(16)21(25)23(20)14-5-4-10-22(11-14)12-15-13-26-18-8-1-2-9-19(18)27-15;/h1-2,8-9,14-17H,3-7,10-13H2;1H/t14-,15-,16?,17?;/m0./s1. The Hall–Kier alpha value is -1.79. The molecule has 3 fully saturated rings. The number of nitrogens with zero attached hydrogens (tertiary/aromatic N) is 2. The molecule has 0 bridgehead atoms. The minimum Gasteiger partial charge on any atom is -0.486 e. The molecule has 152 valence electrons. The summed E-state index contributed by atoms with van der Waals surface area (Å²) >= 11 is 0. The number of carbonyl (C=O) groups excluding carboxylic acids is 2. The highest BCUT2D eigenvalue weighted by molar-refractivity contribution is 6.05. The van der Waals surface area contributed by atoms with E-state index in [0.29, 0.717) is 6.61 Å². The first-order chi connectivity index (χ1) is 13.2. The number of rotatable bonds is 3. The van der Waals surface area contributed by atoms with Crippen molar-refractivity contribution in [3.05, 3.63) is 24.3 Å². The normalized spacial score (nSPS) is 32.2. The summed E-state index contributed by atoms with van der Waals surface area (Å²) in [6.07, 6.45) is 4.67. The fourth-order valence-corrected chi connectivity index (χ4v) is 5.23. The SMILES string of the molecule is Cl.O=C1C2CCCC2C(=O)N1[C@H]1CCCN(C[C@H]2COc3ccccc3O2)C1. The number of fused-ring (bicyclic) bond motifs is 2. The molecule has 2 amide bonds. The van der Waals surface area contributed by atoms with Crippen LogP contribution in [0.25, 0.3) is 0 Å². The summed E-state index contributed by atoms with van der Waals surface area (Å²) in [6.45, 7) is 3.01. The Balaban J connectivity index is 0.00000192. The lowest BCUT2D eigenvalue weighted by Gasteiger charge is -2.39. The van der Waals surface area contributed by atoms with Gasteiger partial charge in [0.15, 0.2) is 11.5 Å². The van der Waals surface area contributed by atoms with Gasteiger partial charge < -0.3 is 9.47 Å². The third-order valence-corrected chi connectivity index (χ3v) is 6.50. The topological polar surface area (TPSA) is 59.1 Å². The number of halogens is 1. The van der Waals surface area contributed by atoms with Crippen LogP contribution in [0.15, 0.2) is 24.3 Å². The van der Waals surface area contributed by atoms with Gasteiger partial charge in [-0.05, 0) is 44.4 Å². The van der Waals surface area contributed by atoms with Gasteiger partial charge in [0.2, 0.25) is 11.8 Å². The average molecular weight is 407 g/mol. The summed E-state index contributed by atoms with van der Waals surface area (Å²) in [5.41, 5.74) is 0. The Morgan fingerprint density at radius 1 is 0.964 bits per heavy atom. The Labute approximate surface area is 171 Å². The number of hydrogen-bond acceptors (Lipinski definition) is 5. The van der Waals surface area contributed by atoms with Gasteiger partial charge in [-0.2, -0.15) is 0 Å². The van der Waals surface area contributed by atoms with Crippen molar-refractivity contribution < 1.29 is 19.1 Å². The smallest absolute Gasteiger partial charge is 0.233 e. The molecule has 7 heteroatoms. The molecule has 1 aromatic rings. The molecular formula is C21H27ClN2O4. The highest BCUT2D eigenvalue weighted by atomic mass is 35.5. The van der Waals surface area contributed by atoms with Gasteiger partial charge in [0.05, 0.1) is 17.9 Å². The maximum atomic E-state index is 12.8. The number of hydrogen-bond donors (Lipinski definition) is 0. The summed E-state index contributed by atoms with van der Waals surface area (Å²) in [5, 5.41) is 0. The van der Waals surface area contributed by atoms with Gasteiger partial charge >= 0.3 is 0 Å². The van der Waals surface area contributed by atoms with Crippen LogP contribution in [0.2, 0.25) is 0 Å². The van der Waals surface area contributed by atoms with Gasteiger partial charge in [-0.15, -0.1) is 12.4 Å². The van der Waals surface area contributed by atoms with Crippen LogP contribution >= 0.6 is 12.4 Å². The molecule has 6 nitrogen and oxygen atoms in total. The van der Waals surface area contributed by atoms with E-state index in [1.807, 2.05) is 24.3 Å². The van der Waals surface area contributed by atoms with Crippen LogP contribution in [-0.4, -0.2) is 60.0 Å². The molecule has 0 radical (unpaired) electrons. The first-order valence-corrected chi connectivity index (χ1v) is 10.2. The summed E-state index contributed by atoms with van der Waals surface area (Å²) in [7, 11) is 0. The van der Waals surface area contributed by atoms with E-state index in [1.54, 1.807) is 4.90 Å². The van der Waals surface area contributed by atoms with Crippen molar-refractivity contribution in [1.29, 1.82) is 0 Å². The lowest BCUT2D eigenvalue weighted by Crippen LogP contribution is -2.53. The molecule has 1 aliphatic carbocycles. The lowest BCUT2D eigenvalue weighted by atomic mass is 10.00. The van der Waals surface area contributed by atoms with Crippen molar-refractivity contribution in [2.24, 2.45) is 11.8 Å². The Morgan fingerprint density at radius 2 is 1.68 bits per heavy atom. The van der Waals surface area contributed by atoms with Gasteiger partial charge in [0.1, 0.15) is 12.7 Å². The Kier molecular flexibility index (Phi) is 5.52. The van der Waals surface area contributed by atoms with Crippen LogP contribution in [0.5, 0.6) is 11.5 Å². The Bertz CT molecular complexity index is 736. The van der Waals surface area contributed by atoms with E-state index in [-0.39, 0.29) is 48.2 Å². The van der Waals surface area contributed by atoms with Crippen LogP contribution in [0.3, 0.4) is 0 Å². The van der Waals surface area contributed by atoms with Crippen molar-refractivity contribution in [3.63, 3.8) is 0 Å². The fourth-order valence-electron chi connectivity index (χ4n) is 5.23. The molecule has 5 rings (SSSR count). The third-order valence-electron chi connectivity index (χ3n) is 6.50. The summed E-state index contributed by atoms with van der Waals surface area (Å²) in [6, 6.07) is 7.76. The van der Waals surface area contributed by atoms with Gasteiger partial charge in [0.25, 0.3) is 0 Å². The molecular weight excluding hydrogens is 380 g/mol. The molecule has 4 aliphatic rings. The highest BCUT2D eigenvalue weighted by Crippen LogP contribution is 2.41. The lowest BCUT2D eigenvalue weighted by molar-refractivity contribution is -0.144. The minimum atomic E-state index is -0.0422. The number of imide groups is 1. The molecule has 1 saturated carbocycles. The second-order valence-corrected chi connectivity index (χ2v) is 8.24. The summed E-state index contributed by atoms with van der Waals surface area (Å²) in [4.78, 5) is 29.5. The zero-order chi connectivity index (χ0) is 18.4. The maximum Gasteiger partial charge on any atom is 0.233 e. The van der Waals surface area contributed by atoms with Crippen molar-refractivity contribution in [3.8, 4) is 11.5 Å². The van der Waals surface area contributed by atoms with E-state index in [2.05, 4.69) is 4.90 Å². The number of benzene rings is 1. The second-order valence-electron chi connectivity index (χ2n) is 8.24. The van der Waals surface area contributed by atoms with E-state index < -0.39 is 0 Å². The summed E-state index contributed by atoms with van der Waals surface area (Å²) < 4.78 is 11.9. The number of piperidine rings is 1. The van der Waals surface area contributed by atoms with Crippen LogP contribution in [0, 0.1) is 11.8 Å². The van der Waals surface area contributed by atoms with Crippen LogP contribution < -0.4 is 9.47 Å². The fraction of sp³-hybridized carbons (Fsp3) is 0.619. The molecule has 4 atom stereocenters. The van der Waals surface area contributed by atoms with Crippen LogP contribution in [0.4, 0.5) is 0 Å². The number of likely N-dealkylation sites (tertiary alicyclic amines) is 2. The maximum absolute atomic E-state index is 12.8. The Morgan fingerprint density at radius 3 is 2.43 bits per heavy atom. The molecule has 0 spiro atoms. The number of carbonyl (C=O) groups is 2. The van der Waals surface area contributed by atoms with Crippen molar-refractivity contribution >= 4 is 24.2 Å². The van der Waals surface area contributed by atoms with Gasteiger partial charge in [-0.3, -0.25) is 19.4 Å². The van der Waals surface area contributed by atoms with Crippen molar-refractivity contribution in [1.82, 2.24) is 9.80 Å². The van der Waals surface area contributed by atoms with Crippen LogP contribution in [0.1, 0.15) is 32.1 Å². The molecule has 3 aliphatic heterocycles. The molecule has 28 heavy (non-hydrogen) atoms. The quantitative estimate of drug-likeness (QED) is 0.722. The predicted molar refractivity (Wildman–Crippen MR) is 106 cm³/mol. The van der Waals surface area contributed by atoms with E-state index in [0.717, 1.165) is 63.2 Å². The molecule has 0 aromatic heterocycles. The van der Waals surface area contributed by atoms with E-state index in [4.69, 9.17) is 9.47 Å². The number of para-hydroxylation sites is 2. The molecule has 2 saturated heterocycles. The third kappa shape index (κ3) is 3.37. The minimum absolute atomic E-state index is 0. The van der Waals surface area contributed by atoms with E-state index in [9.17, 15) is 9.59 Å². The predicted octanol–water partition coefficient (Wildman–Crippen LogP) is 2.50.